The van der Waals surface area contributed by atoms with Crippen LogP contribution in [0.3, 0.4) is 0 Å². The van der Waals surface area contributed by atoms with Gasteiger partial charge in [-0.05, 0) is 55.5 Å². The van der Waals surface area contributed by atoms with Gasteiger partial charge in [0.25, 0.3) is 5.91 Å². The lowest BCUT2D eigenvalue weighted by Gasteiger charge is -2.31. The minimum Gasteiger partial charge on any atom is -0.484 e. The molecule has 0 bridgehead atoms. The van der Waals surface area contributed by atoms with E-state index >= 15 is 0 Å². The maximum absolute atomic E-state index is 13.2. The van der Waals surface area contributed by atoms with Crippen LogP contribution in [-0.4, -0.2) is 35.4 Å². The highest BCUT2D eigenvalue weighted by Gasteiger charge is 2.28. The van der Waals surface area contributed by atoms with Gasteiger partial charge in [-0.1, -0.05) is 68.1 Å². The minimum atomic E-state index is -0.633. The Morgan fingerprint density at radius 1 is 1.09 bits per heavy atom. The molecule has 2 aromatic carbocycles. The van der Waals surface area contributed by atoms with Gasteiger partial charge >= 0.3 is 0 Å². The molecule has 0 heterocycles. The predicted molar refractivity (Wildman–Crippen MR) is 128 cm³/mol. The minimum absolute atomic E-state index is 0.135. The van der Waals surface area contributed by atoms with Crippen molar-refractivity contribution in [1.29, 1.82) is 0 Å². The number of carbonyl (C=O) groups is 2. The van der Waals surface area contributed by atoms with Crippen molar-refractivity contribution in [2.75, 3.05) is 6.61 Å². The molecule has 32 heavy (non-hydrogen) atoms. The molecule has 0 aromatic heterocycles. The Morgan fingerprint density at radius 3 is 2.44 bits per heavy atom. The lowest BCUT2D eigenvalue weighted by molar-refractivity contribution is -0.142. The van der Waals surface area contributed by atoms with E-state index in [-0.39, 0.29) is 31.0 Å². The molecule has 6 heteroatoms. The maximum atomic E-state index is 13.2. The Balaban J connectivity index is 1.70. The van der Waals surface area contributed by atoms with Crippen molar-refractivity contribution < 1.29 is 14.3 Å². The van der Waals surface area contributed by atoms with Gasteiger partial charge in [0, 0.05) is 17.6 Å². The Morgan fingerprint density at radius 2 is 1.78 bits per heavy atom. The highest BCUT2D eigenvalue weighted by atomic mass is 35.5. The Kier molecular flexibility index (Phi) is 8.98. The summed E-state index contributed by atoms with van der Waals surface area (Å²) in [5.74, 6) is 0.243. The Hall–Kier alpha value is -2.53. The number of aryl methyl sites for hydroxylation is 1. The number of amides is 2. The van der Waals surface area contributed by atoms with Crippen molar-refractivity contribution in [3.63, 3.8) is 0 Å². The number of benzene rings is 2. The molecular weight excluding hydrogens is 424 g/mol. The zero-order valence-electron chi connectivity index (χ0n) is 19.0. The average molecular weight is 457 g/mol. The fourth-order valence-electron chi connectivity index (χ4n) is 4.01. The second-order valence-corrected chi connectivity index (χ2v) is 8.83. The normalized spacial score (nSPS) is 15.1. The first-order valence-electron chi connectivity index (χ1n) is 11.5. The summed E-state index contributed by atoms with van der Waals surface area (Å²) in [4.78, 5) is 27.7. The van der Waals surface area contributed by atoms with E-state index in [4.69, 9.17) is 16.3 Å². The van der Waals surface area contributed by atoms with Gasteiger partial charge in [-0.25, -0.2) is 0 Å². The van der Waals surface area contributed by atoms with Crippen LogP contribution in [0, 0.1) is 0 Å². The smallest absolute Gasteiger partial charge is 0.261 e. The van der Waals surface area contributed by atoms with Crippen LogP contribution in [0.4, 0.5) is 0 Å². The van der Waals surface area contributed by atoms with Gasteiger partial charge in [-0.3, -0.25) is 9.59 Å². The van der Waals surface area contributed by atoms with Crippen LogP contribution in [0.5, 0.6) is 5.75 Å². The molecule has 0 radical (unpaired) electrons. The Labute approximate surface area is 196 Å². The summed E-state index contributed by atoms with van der Waals surface area (Å²) in [7, 11) is 0. The molecule has 2 amide bonds. The van der Waals surface area contributed by atoms with Crippen molar-refractivity contribution >= 4 is 23.4 Å². The van der Waals surface area contributed by atoms with E-state index in [1.807, 2.05) is 42.5 Å². The molecule has 0 aliphatic heterocycles. The van der Waals surface area contributed by atoms with Gasteiger partial charge in [0.15, 0.2) is 6.61 Å². The van der Waals surface area contributed by atoms with Crippen LogP contribution in [0.25, 0.3) is 0 Å². The van der Waals surface area contributed by atoms with Crippen molar-refractivity contribution in [3.05, 3.63) is 64.7 Å². The summed E-state index contributed by atoms with van der Waals surface area (Å²) in [5, 5.41) is 3.70. The van der Waals surface area contributed by atoms with E-state index in [1.165, 1.54) is 12.0 Å². The molecule has 5 nitrogen and oxygen atoms in total. The molecule has 3 rings (SSSR count). The number of nitrogens with zero attached hydrogens (tertiary/aromatic N) is 1. The first-order chi connectivity index (χ1) is 15.5. The van der Waals surface area contributed by atoms with Gasteiger partial charge < -0.3 is 15.0 Å². The van der Waals surface area contributed by atoms with Crippen LogP contribution in [0.15, 0.2) is 48.5 Å². The summed E-state index contributed by atoms with van der Waals surface area (Å²) in [6.07, 6.45) is 6.41. The van der Waals surface area contributed by atoms with Crippen LogP contribution in [0.2, 0.25) is 5.02 Å². The zero-order chi connectivity index (χ0) is 22.9. The molecule has 0 saturated heterocycles. The molecule has 1 unspecified atom stereocenters. The summed E-state index contributed by atoms with van der Waals surface area (Å²) < 4.78 is 5.74. The number of hydrogen-bond acceptors (Lipinski definition) is 3. The van der Waals surface area contributed by atoms with E-state index < -0.39 is 6.04 Å². The molecule has 1 saturated carbocycles. The summed E-state index contributed by atoms with van der Waals surface area (Å²) in [5.41, 5.74) is 2.00. The fraction of sp³-hybridized carbons (Fsp3) is 0.462. The highest BCUT2D eigenvalue weighted by Crippen LogP contribution is 2.21. The van der Waals surface area contributed by atoms with Crippen molar-refractivity contribution in [1.82, 2.24) is 10.2 Å². The van der Waals surface area contributed by atoms with E-state index in [9.17, 15) is 9.59 Å². The summed E-state index contributed by atoms with van der Waals surface area (Å²) in [6, 6.07) is 14.6. The number of nitrogens with one attached hydrogen (secondary N) is 1. The largest absolute Gasteiger partial charge is 0.484 e. The van der Waals surface area contributed by atoms with Crippen molar-refractivity contribution in [2.45, 2.75) is 71.0 Å². The van der Waals surface area contributed by atoms with Crippen LogP contribution >= 0.6 is 11.6 Å². The van der Waals surface area contributed by atoms with E-state index in [2.05, 4.69) is 12.2 Å². The summed E-state index contributed by atoms with van der Waals surface area (Å²) >= 11 is 6.34. The highest BCUT2D eigenvalue weighted by molar-refractivity contribution is 6.31. The predicted octanol–water partition coefficient (Wildman–Crippen LogP) is 5.15. The van der Waals surface area contributed by atoms with E-state index in [1.54, 1.807) is 17.9 Å². The number of ether oxygens (including phenoxy) is 1. The second kappa shape index (κ2) is 11.9. The third-order valence-corrected chi connectivity index (χ3v) is 6.48. The zero-order valence-corrected chi connectivity index (χ0v) is 19.7. The van der Waals surface area contributed by atoms with Gasteiger partial charge in [-0.15, -0.1) is 0 Å². The van der Waals surface area contributed by atoms with Crippen molar-refractivity contribution in [3.8, 4) is 5.75 Å². The quantitative estimate of drug-likeness (QED) is 0.567. The molecule has 1 atom stereocenters. The number of halogens is 1. The molecule has 1 aliphatic carbocycles. The van der Waals surface area contributed by atoms with E-state index in [0.29, 0.717) is 10.8 Å². The number of carbonyl (C=O) groups excluding carboxylic acids is 2. The number of rotatable bonds is 9. The molecule has 0 spiro atoms. The molecule has 2 aromatic rings. The monoisotopic (exact) mass is 456 g/mol. The fourth-order valence-corrected chi connectivity index (χ4v) is 4.21. The van der Waals surface area contributed by atoms with Gasteiger partial charge in [0.2, 0.25) is 5.91 Å². The molecule has 172 valence electrons. The number of hydrogen-bond donors (Lipinski definition) is 1. The van der Waals surface area contributed by atoms with Crippen LogP contribution in [-0.2, 0) is 22.6 Å². The first kappa shape index (κ1) is 24.1. The second-order valence-electron chi connectivity index (χ2n) is 8.42. The maximum Gasteiger partial charge on any atom is 0.261 e. The van der Waals surface area contributed by atoms with Crippen LogP contribution in [0.1, 0.15) is 57.1 Å². The molecule has 1 N–H and O–H groups in total. The average Bonchev–Trinajstić information content (AvgIpc) is 2.82. The van der Waals surface area contributed by atoms with E-state index in [0.717, 1.165) is 37.7 Å². The van der Waals surface area contributed by atoms with Gasteiger partial charge in [0.05, 0.1) is 0 Å². The lowest BCUT2D eigenvalue weighted by Crippen LogP contribution is -2.51. The third kappa shape index (κ3) is 6.73. The third-order valence-electron chi connectivity index (χ3n) is 6.11. The molecular formula is C26H33ClN2O3. The van der Waals surface area contributed by atoms with Gasteiger partial charge in [0.1, 0.15) is 11.8 Å². The molecule has 1 aliphatic rings. The standard InChI is InChI=1S/C26H33ClN2O3/c1-3-20-13-15-23(16-14-20)32-18-25(30)29(17-21-9-7-8-12-24(21)27)19(2)26(31)28-22-10-5-4-6-11-22/h7-9,12-16,19,22H,3-6,10-11,17-18H2,1-2H3,(H,28,31). The Bertz CT molecular complexity index is 894. The SMILES string of the molecule is CCc1ccc(OCC(=O)N(Cc2ccccc2Cl)C(C)C(=O)NC2CCCCC2)cc1. The van der Waals surface area contributed by atoms with Gasteiger partial charge in [-0.2, -0.15) is 0 Å². The van der Waals surface area contributed by atoms with Crippen LogP contribution < -0.4 is 10.1 Å². The lowest BCUT2D eigenvalue weighted by atomic mass is 9.95. The first-order valence-corrected chi connectivity index (χ1v) is 11.9. The topological polar surface area (TPSA) is 58.6 Å². The van der Waals surface area contributed by atoms with Crippen molar-refractivity contribution in [2.24, 2.45) is 0 Å². The summed E-state index contributed by atoms with van der Waals surface area (Å²) in [6.45, 7) is 3.96. The molecule has 1 fully saturated rings.